The highest BCUT2D eigenvalue weighted by atomic mass is 32.2. The number of carbonyl (C=O) groups excluding carboxylic acids is 1. The molecule has 1 aliphatic heterocycles. The van der Waals surface area contributed by atoms with E-state index in [1.165, 1.54) is 10.6 Å². The molecule has 1 atom stereocenters. The lowest BCUT2D eigenvalue weighted by Crippen LogP contribution is -2.44. The normalized spacial score (nSPS) is 16.4. The fourth-order valence-electron chi connectivity index (χ4n) is 4.88. The minimum atomic E-state index is -3.49. The standard InChI is InChI=1S/C30H36N2O4S/c1-6-30(7-2)19-27(26-10-8-9-11-28(26)36-30)31-29(33)24-15-13-23(14-16-24)20-32(37(5,34)35)25-17-12-21(3)22(4)18-25/h8-18,27H,6-7,19-20H2,1-5H3,(H,31,33)/t27-/m1/s1. The molecule has 0 unspecified atom stereocenters. The lowest BCUT2D eigenvalue weighted by molar-refractivity contribution is 0.0227. The molecule has 1 aliphatic rings. The summed E-state index contributed by atoms with van der Waals surface area (Å²) < 4.78 is 32.9. The summed E-state index contributed by atoms with van der Waals surface area (Å²) in [6, 6.07) is 20.5. The van der Waals surface area contributed by atoms with Gasteiger partial charge in [-0.1, -0.05) is 50.2 Å². The highest BCUT2D eigenvalue weighted by molar-refractivity contribution is 7.92. The number of anilines is 1. The molecule has 7 heteroatoms. The van der Waals surface area contributed by atoms with E-state index in [-0.39, 0.29) is 24.1 Å². The van der Waals surface area contributed by atoms with Gasteiger partial charge in [0.15, 0.2) is 0 Å². The van der Waals surface area contributed by atoms with Crippen LogP contribution >= 0.6 is 0 Å². The average Bonchev–Trinajstić information content (AvgIpc) is 2.88. The maximum Gasteiger partial charge on any atom is 0.251 e. The monoisotopic (exact) mass is 520 g/mol. The molecular formula is C30H36N2O4S. The fourth-order valence-corrected chi connectivity index (χ4v) is 5.76. The summed E-state index contributed by atoms with van der Waals surface area (Å²) in [6.45, 7) is 8.39. The van der Waals surface area contributed by atoms with Crippen molar-refractivity contribution in [1.29, 1.82) is 0 Å². The quantitative estimate of drug-likeness (QED) is 0.390. The molecule has 0 saturated heterocycles. The molecule has 1 heterocycles. The summed E-state index contributed by atoms with van der Waals surface area (Å²) in [5.41, 5.74) is 4.77. The maximum absolute atomic E-state index is 13.2. The zero-order valence-corrected chi connectivity index (χ0v) is 23.1. The predicted molar refractivity (Wildman–Crippen MR) is 149 cm³/mol. The largest absolute Gasteiger partial charge is 0.487 e. The summed E-state index contributed by atoms with van der Waals surface area (Å²) in [6.07, 6.45) is 3.63. The molecule has 4 rings (SSSR count). The van der Waals surface area contributed by atoms with E-state index in [1.807, 2.05) is 68.4 Å². The summed E-state index contributed by atoms with van der Waals surface area (Å²) in [5, 5.41) is 3.21. The van der Waals surface area contributed by atoms with Crippen molar-refractivity contribution in [2.24, 2.45) is 0 Å². The molecule has 1 amide bonds. The van der Waals surface area contributed by atoms with Gasteiger partial charge >= 0.3 is 0 Å². The van der Waals surface area contributed by atoms with Crippen molar-refractivity contribution in [3.05, 3.63) is 94.5 Å². The third-order valence-corrected chi connectivity index (χ3v) is 8.65. The molecular weight excluding hydrogens is 484 g/mol. The van der Waals surface area contributed by atoms with Crippen LogP contribution in [-0.2, 0) is 16.6 Å². The summed E-state index contributed by atoms with van der Waals surface area (Å²) in [7, 11) is -3.49. The molecule has 0 fully saturated rings. The molecule has 0 aliphatic carbocycles. The second-order valence-corrected chi connectivity index (χ2v) is 11.9. The topological polar surface area (TPSA) is 75.7 Å². The fraction of sp³-hybridized carbons (Fsp3) is 0.367. The summed E-state index contributed by atoms with van der Waals surface area (Å²) in [4.78, 5) is 13.2. The molecule has 1 N–H and O–H groups in total. The van der Waals surface area contributed by atoms with Crippen molar-refractivity contribution in [1.82, 2.24) is 5.32 Å². The van der Waals surface area contributed by atoms with Crippen molar-refractivity contribution in [2.75, 3.05) is 10.6 Å². The number of aryl methyl sites for hydroxylation is 2. The third kappa shape index (κ3) is 5.82. The maximum atomic E-state index is 13.2. The highest BCUT2D eigenvalue weighted by Crippen LogP contribution is 2.42. The molecule has 3 aromatic carbocycles. The molecule has 37 heavy (non-hydrogen) atoms. The van der Waals surface area contributed by atoms with Gasteiger partial charge in [0.2, 0.25) is 10.0 Å². The van der Waals surface area contributed by atoms with Gasteiger partial charge in [-0.05, 0) is 73.7 Å². The van der Waals surface area contributed by atoms with Crippen LogP contribution in [0.4, 0.5) is 5.69 Å². The number of nitrogens with one attached hydrogen (secondary N) is 1. The molecule has 0 saturated carbocycles. The number of amides is 1. The number of sulfonamides is 1. The number of carbonyl (C=O) groups is 1. The van der Waals surface area contributed by atoms with Crippen LogP contribution in [0.3, 0.4) is 0 Å². The molecule has 0 radical (unpaired) electrons. The van der Waals surface area contributed by atoms with E-state index in [0.717, 1.165) is 40.8 Å². The van der Waals surface area contributed by atoms with Crippen molar-refractivity contribution in [3.8, 4) is 5.75 Å². The van der Waals surface area contributed by atoms with Crippen molar-refractivity contribution in [2.45, 2.75) is 65.1 Å². The van der Waals surface area contributed by atoms with Gasteiger partial charge in [0.25, 0.3) is 5.91 Å². The van der Waals surface area contributed by atoms with Crippen LogP contribution in [0.5, 0.6) is 5.75 Å². The van der Waals surface area contributed by atoms with Crippen molar-refractivity contribution >= 4 is 21.6 Å². The van der Waals surface area contributed by atoms with Crippen LogP contribution in [0.25, 0.3) is 0 Å². The zero-order chi connectivity index (χ0) is 26.8. The van der Waals surface area contributed by atoms with Crippen LogP contribution in [0.2, 0.25) is 0 Å². The minimum Gasteiger partial charge on any atom is -0.487 e. The van der Waals surface area contributed by atoms with Gasteiger partial charge in [-0.25, -0.2) is 8.42 Å². The molecule has 196 valence electrons. The van der Waals surface area contributed by atoms with E-state index in [4.69, 9.17) is 4.74 Å². The summed E-state index contributed by atoms with van der Waals surface area (Å²) in [5.74, 6) is 0.661. The number of nitrogens with zero attached hydrogens (tertiary/aromatic N) is 1. The smallest absolute Gasteiger partial charge is 0.251 e. The number of benzene rings is 3. The van der Waals surface area contributed by atoms with Crippen molar-refractivity contribution in [3.63, 3.8) is 0 Å². The Kier molecular flexibility index (Phi) is 7.64. The van der Waals surface area contributed by atoms with Crippen LogP contribution in [0.15, 0.2) is 66.7 Å². The van der Waals surface area contributed by atoms with Gasteiger partial charge < -0.3 is 10.1 Å². The lowest BCUT2D eigenvalue weighted by Gasteiger charge is -2.41. The van der Waals surface area contributed by atoms with E-state index in [9.17, 15) is 13.2 Å². The molecule has 3 aromatic rings. The minimum absolute atomic E-state index is 0.150. The summed E-state index contributed by atoms with van der Waals surface area (Å²) >= 11 is 0. The van der Waals surface area contributed by atoms with E-state index in [2.05, 4.69) is 19.2 Å². The van der Waals surface area contributed by atoms with E-state index in [0.29, 0.717) is 17.7 Å². The van der Waals surface area contributed by atoms with Gasteiger partial charge in [-0.2, -0.15) is 0 Å². The van der Waals surface area contributed by atoms with Crippen molar-refractivity contribution < 1.29 is 17.9 Å². The first-order valence-corrected chi connectivity index (χ1v) is 14.6. The zero-order valence-electron chi connectivity index (χ0n) is 22.2. The Morgan fingerprint density at radius 2 is 1.68 bits per heavy atom. The van der Waals surface area contributed by atoms with Crippen LogP contribution < -0.4 is 14.4 Å². The van der Waals surface area contributed by atoms with Crippen LogP contribution in [-0.4, -0.2) is 26.2 Å². The first kappa shape index (κ1) is 26.7. The Hall–Kier alpha value is -3.32. The first-order chi connectivity index (χ1) is 17.5. The molecule has 0 aromatic heterocycles. The van der Waals surface area contributed by atoms with Gasteiger partial charge in [-0.3, -0.25) is 9.10 Å². The second-order valence-electron chi connectivity index (χ2n) is 10.00. The SMILES string of the molecule is CCC1(CC)C[C@@H](NC(=O)c2ccc(CN(c3ccc(C)c(C)c3)S(C)(=O)=O)cc2)c2ccccc2O1. The number of fused-ring (bicyclic) bond motifs is 1. The Bertz CT molecular complexity index is 1380. The van der Waals surface area contributed by atoms with E-state index in [1.54, 1.807) is 12.1 Å². The van der Waals surface area contributed by atoms with Crippen LogP contribution in [0.1, 0.15) is 71.8 Å². The van der Waals surface area contributed by atoms with Crippen LogP contribution in [0, 0.1) is 13.8 Å². The molecule has 6 nitrogen and oxygen atoms in total. The first-order valence-electron chi connectivity index (χ1n) is 12.8. The number of hydrogen-bond acceptors (Lipinski definition) is 4. The number of ether oxygens (including phenoxy) is 1. The van der Waals surface area contributed by atoms with E-state index < -0.39 is 10.0 Å². The molecule has 0 bridgehead atoms. The second kappa shape index (κ2) is 10.6. The Morgan fingerprint density at radius 1 is 1.00 bits per heavy atom. The van der Waals surface area contributed by atoms with Gasteiger partial charge in [0, 0.05) is 17.5 Å². The highest BCUT2D eigenvalue weighted by Gasteiger charge is 2.39. The van der Waals surface area contributed by atoms with Gasteiger partial charge in [-0.15, -0.1) is 0 Å². The van der Waals surface area contributed by atoms with E-state index >= 15 is 0 Å². The number of hydrogen-bond donors (Lipinski definition) is 1. The predicted octanol–water partition coefficient (Wildman–Crippen LogP) is 6.08. The third-order valence-electron chi connectivity index (χ3n) is 7.51. The molecule has 0 spiro atoms. The number of rotatable bonds is 8. The Morgan fingerprint density at radius 3 is 2.30 bits per heavy atom. The lowest BCUT2D eigenvalue weighted by atomic mass is 9.83. The Labute approximate surface area is 220 Å². The number of para-hydroxylation sites is 1. The Balaban J connectivity index is 1.52. The average molecular weight is 521 g/mol. The van der Waals surface area contributed by atoms with Gasteiger partial charge in [0.1, 0.15) is 11.4 Å². The van der Waals surface area contributed by atoms with Gasteiger partial charge in [0.05, 0.1) is 24.5 Å².